The van der Waals surface area contributed by atoms with Gasteiger partial charge in [0.15, 0.2) is 0 Å². The Morgan fingerprint density at radius 3 is 2.44 bits per heavy atom. The van der Waals surface area contributed by atoms with Gasteiger partial charge in [-0.15, -0.1) is 0 Å². The summed E-state index contributed by atoms with van der Waals surface area (Å²) in [5, 5.41) is 0. The minimum absolute atomic E-state index is 0.0137. The van der Waals surface area contributed by atoms with E-state index in [9.17, 15) is 4.79 Å². The van der Waals surface area contributed by atoms with Gasteiger partial charge in [0.25, 0.3) is 0 Å². The Labute approximate surface area is 102 Å². The number of carbonyl (C=O) groups is 1. The Hall–Kier alpha value is -1.31. The number of hydrogen-bond acceptors (Lipinski definition) is 2. The first-order valence-electron chi connectivity index (χ1n) is 4.87. The van der Waals surface area contributed by atoms with E-state index in [2.05, 4.69) is 6.58 Å². The minimum atomic E-state index is -0.0137. The van der Waals surface area contributed by atoms with Gasteiger partial charge in [-0.2, -0.15) is 0 Å². The average Bonchev–Trinajstić information content (AvgIpc) is 2.27. The topological polar surface area (TPSA) is 26.3 Å². The van der Waals surface area contributed by atoms with Gasteiger partial charge in [-0.3, -0.25) is 0 Å². The summed E-state index contributed by atoms with van der Waals surface area (Å²) in [4.78, 5) is 11.5. The third-order valence-corrected chi connectivity index (χ3v) is 4.56. The molecule has 3 heteroatoms. The van der Waals surface area contributed by atoms with Gasteiger partial charge in [0, 0.05) is 0 Å². The van der Waals surface area contributed by atoms with Crippen molar-refractivity contribution in [3.05, 3.63) is 53.4 Å². The zero-order chi connectivity index (χ0) is 12.0. The quantitative estimate of drug-likeness (QED) is 0.469. The molecule has 1 aromatic carbocycles. The Morgan fingerprint density at radius 2 is 1.94 bits per heavy atom. The molecule has 0 unspecified atom stereocenters. The molecule has 0 aliphatic carbocycles. The SMILES string of the molecule is C=CO/C(C)=C(/[Se]c1ccccc1)C(C)=O. The number of ether oxygens (including phenoxy) is 1. The second-order valence-electron chi connectivity index (χ2n) is 3.14. The summed E-state index contributed by atoms with van der Waals surface area (Å²) in [5.74, 6) is 0.703. The third kappa shape index (κ3) is 3.69. The molecular formula is C13H14O2Se. The number of Topliss-reactive ketones (excluding diaryl/α,β-unsaturated/α-hetero) is 1. The van der Waals surface area contributed by atoms with Crippen LogP contribution in [0.4, 0.5) is 0 Å². The van der Waals surface area contributed by atoms with Crippen molar-refractivity contribution >= 4 is 25.2 Å². The maximum absolute atomic E-state index is 11.5. The summed E-state index contributed by atoms with van der Waals surface area (Å²) in [6, 6.07) is 9.94. The first-order valence-corrected chi connectivity index (χ1v) is 6.58. The normalized spacial score (nSPS) is 11.6. The van der Waals surface area contributed by atoms with Crippen LogP contribution in [0.3, 0.4) is 0 Å². The van der Waals surface area contributed by atoms with E-state index in [1.807, 2.05) is 30.3 Å². The van der Waals surface area contributed by atoms with E-state index in [4.69, 9.17) is 4.74 Å². The van der Waals surface area contributed by atoms with Crippen LogP contribution >= 0.6 is 0 Å². The van der Waals surface area contributed by atoms with Crippen molar-refractivity contribution in [3.63, 3.8) is 0 Å². The molecule has 0 fully saturated rings. The van der Waals surface area contributed by atoms with Crippen LogP contribution in [-0.2, 0) is 9.53 Å². The summed E-state index contributed by atoms with van der Waals surface area (Å²) >= 11 is -0.0137. The fraction of sp³-hybridized carbons (Fsp3) is 0.154. The van der Waals surface area contributed by atoms with E-state index in [0.717, 1.165) is 8.93 Å². The van der Waals surface area contributed by atoms with Crippen molar-refractivity contribution in [2.45, 2.75) is 13.8 Å². The van der Waals surface area contributed by atoms with Crippen LogP contribution in [-0.4, -0.2) is 20.7 Å². The Morgan fingerprint density at radius 1 is 1.31 bits per heavy atom. The van der Waals surface area contributed by atoms with Gasteiger partial charge < -0.3 is 0 Å². The standard InChI is InChI=1S/C13H14O2Se/c1-4-15-11(3)13(10(2)14)16-12-8-6-5-7-9-12/h4-9H,1H2,2-3H3/b13-11+. The third-order valence-electron chi connectivity index (χ3n) is 1.86. The molecule has 0 atom stereocenters. The second-order valence-corrected chi connectivity index (χ2v) is 5.41. The van der Waals surface area contributed by atoms with Crippen LogP contribution in [0.15, 0.2) is 53.4 Å². The molecule has 0 aliphatic heterocycles. The van der Waals surface area contributed by atoms with Crippen molar-refractivity contribution in [3.8, 4) is 0 Å². The molecule has 1 aromatic rings. The summed E-state index contributed by atoms with van der Waals surface area (Å²) in [6.07, 6.45) is 1.35. The fourth-order valence-corrected chi connectivity index (χ4v) is 2.99. The van der Waals surface area contributed by atoms with E-state index in [0.29, 0.717) is 5.76 Å². The maximum atomic E-state index is 11.5. The molecule has 0 amide bonds. The van der Waals surface area contributed by atoms with E-state index in [1.165, 1.54) is 6.26 Å². The predicted molar refractivity (Wildman–Crippen MR) is 66.5 cm³/mol. The van der Waals surface area contributed by atoms with Crippen molar-refractivity contribution in [2.75, 3.05) is 0 Å². The molecule has 0 N–H and O–H groups in total. The number of hydrogen-bond donors (Lipinski definition) is 0. The Bertz CT molecular complexity index is 407. The van der Waals surface area contributed by atoms with E-state index in [1.54, 1.807) is 13.8 Å². The Balaban J connectivity index is 2.93. The fourth-order valence-electron chi connectivity index (χ4n) is 1.18. The van der Waals surface area contributed by atoms with Crippen LogP contribution in [0, 0.1) is 0 Å². The van der Waals surface area contributed by atoms with Crippen LogP contribution < -0.4 is 4.46 Å². The summed E-state index contributed by atoms with van der Waals surface area (Å²) in [5.41, 5.74) is 0. The molecule has 0 spiro atoms. The van der Waals surface area contributed by atoms with Gasteiger partial charge in [0.2, 0.25) is 0 Å². The molecule has 0 bridgehead atoms. The number of benzene rings is 1. The van der Waals surface area contributed by atoms with Crippen molar-refractivity contribution < 1.29 is 9.53 Å². The van der Waals surface area contributed by atoms with Gasteiger partial charge >= 0.3 is 102 Å². The van der Waals surface area contributed by atoms with E-state index in [-0.39, 0.29) is 20.7 Å². The molecule has 1 rings (SSSR count). The summed E-state index contributed by atoms with van der Waals surface area (Å²) < 4.78 is 7.08. The first kappa shape index (κ1) is 12.8. The van der Waals surface area contributed by atoms with Crippen LogP contribution in [0.5, 0.6) is 0 Å². The second kappa shape index (κ2) is 6.31. The van der Waals surface area contributed by atoms with Gasteiger partial charge in [0.05, 0.1) is 0 Å². The van der Waals surface area contributed by atoms with Gasteiger partial charge in [-0.1, -0.05) is 0 Å². The molecule has 16 heavy (non-hydrogen) atoms. The van der Waals surface area contributed by atoms with Crippen molar-refractivity contribution in [2.24, 2.45) is 0 Å². The molecule has 0 radical (unpaired) electrons. The molecule has 0 aliphatic rings. The van der Waals surface area contributed by atoms with Gasteiger partial charge in [0.1, 0.15) is 0 Å². The number of carbonyl (C=O) groups excluding carboxylic acids is 1. The first-order chi connectivity index (χ1) is 7.65. The number of ketones is 1. The van der Waals surface area contributed by atoms with Crippen LogP contribution in [0.2, 0.25) is 0 Å². The zero-order valence-corrected chi connectivity index (χ0v) is 11.1. The molecular weight excluding hydrogens is 267 g/mol. The molecule has 0 heterocycles. The monoisotopic (exact) mass is 282 g/mol. The average molecular weight is 281 g/mol. The number of rotatable bonds is 5. The van der Waals surface area contributed by atoms with Gasteiger partial charge in [-0.25, -0.2) is 0 Å². The molecule has 2 nitrogen and oxygen atoms in total. The molecule has 0 saturated heterocycles. The van der Waals surface area contributed by atoms with Crippen LogP contribution in [0.25, 0.3) is 0 Å². The van der Waals surface area contributed by atoms with E-state index >= 15 is 0 Å². The molecule has 0 saturated carbocycles. The van der Waals surface area contributed by atoms with Crippen molar-refractivity contribution in [1.82, 2.24) is 0 Å². The summed E-state index contributed by atoms with van der Waals surface area (Å²) in [6.45, 7) is 6.85. The summed E-state index contributed by atoms with van der Waals surface area (Å²) in [7, 11) is 0. The Kier molecular flexibility index (Phi) is 5.03. The number of allylic oxidation sites excluding steroid dienone is 2. The van der Waals surface area contributed by atoms with Crippen LogP contribution in [0.1, 0.15) is 13.8 Å². The van der Waals surface area contributed by atoms with Crippen molar-refractivity contribution in [1.29, 1.82) is 0 Å². The predicted octanol–water partition coefficient (Wildman–Crippen LogP) is 2.00. The molecule has 84 valence electrons. The zero-order valence-electron chi connectivity index (χ0n) is 9.40. The van der Waals surface area contributed by atoms with E-state index < -0.39 is 0 Å². The molecule has 0 aromatic heterocycles. The van der Waals surface area contributed by atoms with Gasteiger partial charge in [-0.05, 0) is 0 Å².